The van der Waals surface area contributed by atoms with Gasteiger partial charge in [0, 0.05) is 43.5 Å². The molecular weight excluding hydrogens is 494 g/mol. The lowest BCUT2D eigenvalue weighted by Crippen LogP contribution is -2.19. The molecule has 0 saturated heterocycles. The highest BCUT2D eigenvalue weighted by Gasteiger charge is 2.14. The monoisotopic (exact) mass is 533 g/mol. The SMILES string of the molecule is COC(=O)CCCCCOc1ccc2nc(-c3ccc(OC)cc3)n(CCCNCCCn3ccnc3)c2c1. The molecule has 9 nitrogen and oxygen atoms in total. The lowest BCUT2D eigenvalue weighted by molar-refractivity contribution is -0.140. The third-order valence-corrected chi connectivity index (χ3v) is 6.65. The zero-order valence-corrected chi connectivity index (χ0v) is 23.0. The lowest BCUT2D eigenvalue weighted by Gasteiger charge is -2.12. The first-order valence-corrected chi connectivity index (χ1v) is 13.7. The number of aromatic nitrogens is 4. The fourth-order valence-corrected chi connectivity index (χ4v) is 4.51. The normalized spacial score (nSPS) is 11.1. The number of methoxy groups -OCH3 is 2. The van der Waals surface area contributed by atoms with Gasteiger partial charge in [0.1, 0.15) is 17.3 Å². The van der Waals surface area contributed by atoms with Gasteiger partial charge in [-0.2, -0.15) is 0 Å². The largest absolute Gasteiger partial charge is 0.497 e. The Bertz CT molecular complexity index is 1280. The van der Waals surface area contributed by atoms with Crippen molar-refractivity contribution in [3.05, 3.63) is 61.2 Å². The summed E-state index contributed by atoms with van der Waals surface area (Å²) in [6.07, 6.45) is 10.8. The number of hydrogen-bond acceptors (Lipinski definition) is 7. The summed E-state index contributed by atoms with van der Waals surface area (Å²) in [5.74, 6) is 2.43. The van der Waals surface area contributed by atoms with E-state index in [9.17, 15) is 4.79 Å². The van der Waals surface area contributed by atoms with Gasteiger partial charge in [-0.3, -0.25) is 4.79 Å². The van der Waals surface area contributed by atoms with Crippen molar-refractivity contribution in [2.24, 2.45) is 0 Å². The summed E-state index contributed by atoms with van der Waals surface area (Å²) < 4.78 is 20.5. The highest BCUT2D eigenvalue weighted by molar-refractivity contribution is 5.82. The number of ether oxygens (including phenoxy) is 3. The minimum atomic E-state index is -0.160. The van der Waals surface area contributed by atoms with Gasteiger partial charge in [0.05, 0.1) is 38.2 Å². The molecule has 0 spiro atoms. The summed E-state index contributed by atoms with van der Waals surface area (Å²) in [5, 5.41) is 3.56. The van der Waals surface area contributed by atoms with Crippen LogP contribution in [-0.2, 0) is 22.6 Å². The molecule has 0 saturated carbocycles. The quantitative estimate of drug-likeness (QED) is 0.149. The number of unbranched alkanes of at least 4 members (excludes halogenated alkanes) is 2. The van der Waals surface area contributed by atoms with Gasteiger partial charge in [0.2, 0.25) is 0 Å². The number of nitrogens with one attached hydrogen (secondary N) is 1. The van der Waals surface area contributed by atoms with Crippen molar-refractivity contribution >= 4 is 17.0 Å². The Balaban J connectivity index is 1.38. The lowest BCUT2D eigenvalue weighted by atomic mass is 10.2. The summed E-state index contributed by atoms with van der Waals surface area (Å²) in [6, 6.07) is 14.1. The van der Waals surface area contributed by atoms with E-state index in [1.54, 1.807) is 7.11 Å². The molecule has 0 aliphatic carbocycles. The van der Waals surface area contributed by atoms with Crippen molar-refractivity contribution in [2.75, 3.05) is 33.9 Å². The van der Waals surface area contributed by atoms with Gasteiger partial charge in [0.15, 0.2) is 0 Å². The molecule has 4 aromatic rings. The number of benzene rings is 2. The Morgan fingerprint density at radius 1 is 0.923 bits per heavy atom. The Labute approximate surface area is 230 Å². The van der Waals surface area contributed by atoms with Gasteiger partial charge in [-0.25, -0.2) is 9.97 Å². The number of hydrogen-bond donors (Lipinski definition) is 1. The molecule has 0 bridgehead atoms. The van der Waals surface area contributed by atoms with Crippen molar-refractivity contribution in [3.63, 3.8) is 0 Å². The van der Waals surface area contributed by atoms with E-state index < -0.39 is 0 Å². The molecule has 2 aromatic heterocycles. The molecule has 0 amide bonds. The number of carbonyl (C=O) groups is 1. The van der Waals surface area contributed by atoms with Crippen LogP contribution in [0.1, 0.15) is 38.5 Å². The summed E-state index contributed by atoms with van der Waals surface area (Å²) in [6.45, 7) is 4.30. The van der Waals surface area contributed by atoms with Gasteiger partial charge in [-0.05, 0) is 81.6 Å². The Morgan fingerprint density at radius 3 is 2.46 bits per heavy atom. The average Bonchev–Trinajstić information content (AvgIpc) is 3.62. The second-order valence-corrected chi connectivity index (χ2v) is 9.46. The number of aryl methyl sites for hydroxylation is 2. The fraction of sp³-hybridized carbons (Fsp3) is 0.433. The molecule has 0 atom stereocenters. The molecule has 1 N–H and O–H groups in total. The highest BCUT2D eigenvalue weighted by Crippen LogP contribution is 2.29. The van der Waals surface area contributed by atoms with Crippen molar-refractivity contribution in [1.82, 2.24) is 24.4 Å². The molecule has 0 aliphatic rings. The van der Waals surface area contributed by atoms with Crippen LogP contribution in [0.3, 0.4) is 0 Å². The number of rotatable bonds is 17. The third kappa shape index (κ3) is 8.32. The van der Waals surface area contributed by atoms with E-state index in [0.29, 0.717) is 13.0 Å². The Hall–Kier alpha value is -3.85. The van der Waals surface area contributed by atoms with E-state index in [4.69, 9.17) is 19.2 Å². The third-order valence-electron chi connectivity index (χ3n) is 6.65. The van der Waals surface area contributed by atoms with Crippen molar-refractivity contribution in [3.8, 4) is 22.9 Å². The van der Waals surface area contributed by atoms with Crippen molar-refractivity contribution in [2.45, 2.75) is 51.6 Å². The van der Waals surface area contributed by atoms with Crippen LogP contribution in [0.5, 0.6) is 11.5 Å². The van der Waals surface area contributed by atoms with Crippen molar-refractivity contribution < 1.29 is 19.0 Å². The predicted octanol–water partition coefficient (Wildman–Crippen LogP) is 5.09. The van der Waals surface area contributed by atoms with Crippen LogP contribution < -0.4 is 14.8 Å². The van der Waals surface area contributed by atoms with Crippen LogP contribution in [0.2, 0.25) is 0 Å². The number of nitrogens with zero attached hydrogens (tertiary/aromatic N) is 4. The molecular formula is C30H39N5O4. The summed E-state index contributed by atoms with van der Waals surface area (Å²) in [7, 11) is 3.10. The maximum absolute atomic E-state index is 11.3. The Morgan fingerprint density at radius 2 is 1.72 bits per heavy atom. The molecule has 2 aromatic carbocycles. The smallest absolute Gasteiger partial charge is 0.305 e. The molecule has 9 heteroatoms. The molecule has 2 heterocycles. The molecule has 208 valence electrons. The van der Waals surface area contributed by atoms with Crippen LogP contribution in [0.15, 0.2) is 61.2 Å². The number of esters is 1. The molecule has 4 rings (SSSR count). The van der Waals surface area contributed by atoms with Gasteiger partial charge in [-0.1, -0.05) is 0 Å². The fourth-order valence-electron chi connectivity index (χ4n) is 4.51. The predicted molar refractivity (Wildman–Crippen MR) is 152 cm³/mol. The van der Waals surface area contributed by atoms with Gasteiger partial charge in [0.25, 0.3) is 0 Å². The second kappa shape index (κ2) is 14.9. The number of imidazole rings is 2. The number of fused-ring (bicyclic) bond motifs is 1. The van der Waals surface area contributed by atoms with Crippen LogP contribution in [-0.4, -0.2) is 59.0 Å². The van der Waals surface area contributed by atoms with E-state index in [1.807, 2.05) is 43.0 Å². The topological polar surface area (TPSA) is 92.4 Å². The summed E-state index contributed by atoms with van der Waals surface area (Å²) >= 11 is 0. The maximum Gasteiger partial charge on any atom is 0.305 e. The van der Waals surface area contributed by atoms with Gasteiger partial charge < -0.3 is 28.7 Å². The first-order chi connectivity index (χ1) is 19.2. The van der Waals surface area contributed by atoms with Gasteiger partial charge in [-0.15, -0.1) is 0 Å². The van der Waals surface area contributed by atoms with E-state index in [-0.39, 0.29) is 5.97 Å². The number of carbonyl (C=O) groups excluding carboxylic acids is 1. The van der Waals surface area contributed by atoms with E-state index >= 15 is 0 Å². The molecule has 0 fully saturated rings. The van der Waals surface area contributed by atoms with Crippen molar-refractivity contribution in [1.29, 1.82) is 0 Å². The maximum atomic E-state index is 11.3. The highest BCUT2D eigenvalue weighted by atomic mass is 16.5. The average molecular weight is 534 g/mol. The summed E-state index contributed by atoms with van der Waals surface area (Å²) in [5.41, 5.74) is 3.05. The van der Waals surface area contributed by atoms with Crippen LogP contribution in [0.25, 0.3) is 22.4 Å². The first kappa shape index (κ1) is 28.2. The standard InChI is InChI=1S/C30H39N5O4/c1-37-25-11-9-24(10-12-25)30-33-27-14-13-26(39-21-5-3-4-8-29(36)38-2)22-28(27)35(30)19-7-16-31-15-6-18-34-20-17-32-23-34/h9-14,17,20,22-23,31H,3-8,15-16,18-19,21H2,1-2H3. The minimum absolute atomic E-state index is 0.160. The van der Waals surface area contributed by atoms with Crippen LogP contribution in [0.4, 0.5) is 0 Å². The van der Waals surface area contributed by atoms with Gasteiger partial charge >= 0.3 is 5.97 Å². The van der Waals surface area contributed by atoms with E-state index in [1.165, 1.54) is 7.11 Å². The van der Waals surface area contributed by atoms with Crippen LogP contribution >= 0.6 is 0 Å². The summed E-state index contributed by atoms with van der Waals surface area (Å²) in [4.78, 5) is 20.3. The van der Waals surface area contributed by atoms with E-state index in [0.717, 1.165) is 92.2 Å². The second-order valence-electron chi connectivity index (χ2n) is 9.46. The molecule has 0 unspecified atom stereocenters. The van der Waals surface area contributed by atoms with E-state index in [2.05, 4.69) is 37.6 Å². The van der Waals surface area contributed by atoms with Crippen LogP contribution in [0, 0.1) is 0 Å². The molecule has 39 heavy (non-hydrogen) atoms. The zero-order valence-electron chi connectivity index (χ0n) is 23.0. The minimum Gasteiger partial charge on any atom is -0.497 e. The Kier molecular flexibility index (Phi) is 10.8. The zero-order chi connectivity index (χ0) is 27.3. The molecule has 0 aliphatic heterocycles. The first-order valence-electron chi connectivity index (χ1n) is 13.7. The molecule has 0 radical (unpaired) electrons.